The largest absolute Gasteiger partial charge is 0.494 e. The summed E-state index contributed by atoms with van der Waals surface area (Å²) in [5.41, 5.74) is 5.06. The number of H-pyrrole nitrogens is 2. The number of ether oxygens (including phenoxy) is 1. The van der Waals surface area contributed by atoms with E-state index in [4.69, 9.17) is 44.0 Å². The van der Waals surface area contributed by atoms with E-state index in [2.05, 4.69) is 55.8 Å². The zero-order valence-corrected chi connectivity index (χ0v) is 33.9. The molecule has 0 aliphatic rings. The maximum Gasteiger partial charge on any atom is 0.176 e. The number of hydrogen-bond acceptors (Lipinski definition) is 11. The van der Waals surface area contributed by atoms with Crippen molar-refractivity contribution in [2.75, 3.05) is 23.1 Å². The van der Waals surface area contributed by atoms with Gasteiger partial charge in [0.25, 0.3) is 0 Å². The number of aromatic nitrogens is 8. The summed E-state index contributed by atoms with van der Waals surface area (Å²) < 4.78 is 10.6. The van der Waals surface area contributed by atoms with Crippen molar-refractivity contribution in [2.24, 2.45) is 0 Å². The number of nitrogens with zero attached hydrogens (tertiary/aromatic N) is 6. The van der Waals surface area contributed by atoms with Crippen LogP contribution in [0.15, 0.2) is 127 Å². The van der Waals surface area contributed by atoms with Crippen LogP contribution in [0.1, 0.15) is 27.7 Å². The Morgan fingerprint density at radius 2 is 1.04 bits per heavy atom. The third-order valence-corrected chi connectivity index (χ3v) is 8.26. The molecule has 0 bridgehead atoms. The smallest absolute Gasteiger partial charge is 0.176 e. The van der Waals surface area contributed by atoms with Gasteiger partial charge in [-0.15, -0.1) is 0 Å². The van der Waals surface area contributed by atoms with E-state index in [0.29, 0.717) is 27.1 Å². The molecule has 16 heteroatoms. The molecule has 9 aromatic rings. The minimum atomic E-state index is 0.457. The van der Waals surface area contributed by atoms with Gasteiger partial charge in [-0.3, -0.25) is 0 Å². The van der Waals surface area contributed by atoms with Crippen LogP contribution in [-0.4, -0.2) is 47.0 Å². The second-order valence-electron chi connectivity index (χ2n) is 11.0. The first kappa shape index (κ1) is 41.7. The van der Waals surface area contributed by atoms with Crippen LogP contribution in [0, 0.1) is 0 Å². The minimum Gasteiger partial charge on any atom is -0.494 e. The lowest BCUT2D eigenvalue weighted by Gasteiger charge is -2.08. The third kappa shape index (κ3) is 11.1. The van der Waals surface area contributed by atoms with Crippen LogP contribution in [0.4, 0.5) is 34.5 Å². The Kier molecular flexibility index (Phi) is 15.4. The lowest BCUT2D eigenvalue weighted by molar-refractivity contribution is 0.418. The number of hydrogen-bond donors (Lipinski definition) is 5. The zero-order chi connectivity index (χ0) is 40.6. The molecule has 57 heavy (non-hydrogen) atoms. The fourth-order valence-electron chi connectivity index (χ4n) is 5.10. The van der Waals surface area contributed by atoms with Gasteiger partial charge in [-0.2, -0.15) is 0 Å². The summed E-state index contributed by atoms with van der Waals surface area (Å²) >= 11 is 17.2. The SMILES string of the molecule is CC.CC.COc1cnc(Nc2ccc(Cl)nc2)c2[nH]ccc12.Clc1ccc(Nc2nccc3cc[nH]c23)cn1.Clc1ccc(Nc2nccc3ccoc23)cn1. The van der Waals surface area contributed by atoms with Gasteiger partial charge in [-0.05, 0) is 66.7 Å². The third-order valence-electron chi connectivity index (χ3n) is 7.59. The lowest BCUT2D eigenvalue weighted by Crippen LogP contribution is -1.96. The molecule has 5 N–H and O–H groups in total. The van der Waals surface area contributed by atoms with Crippen molar-refractivity contribution in [1.82, 2.24) is 39.9 Å². The molecule has 0 radical (unpaired) electrons. The van der Waals surface area contributed by atoms with E-state index >= 15 is 0 Å². The molecule has 0 saturated carbocycles. The summed E-state index contributed by atoms with van der Waals surface area (Å²) in [6, 6.07) is 20.4. The van der Waals surface area contributed by atoms with Gasteiger partial charge in [0.15, 0.2) is 23.0 Å². The molecule has 9 heterocycles. The number of pyridine rings is 6. The molecule has 0 aromatic carbocycles. The first-order chi connectivity index (χ1) is 27.9. The number of rotatable bonds is 7. The van der Waals surface area contributed by atoms with Gasteiger partial charge in [-0.1, -0.05) is 62.5 Å². The molecule has 0 amide bonds. The van der Waals surface area contributed by atoms with E-state index < -0.39 is 0 Å². The van der Waals surface area contributed by atoms with Gasteiger partial charge < -0.3 is 35.1 Å². The number of furan rings is 1. The molecular weight excluding hydrogens is 785 g/mol. The number of aromatic amines is 2. The Morgan fingerprint density at radius 3 is 1.60 bits per heavy atom. The quantitative estimate of drug-likeness (QED) is 0.0970. The molecule has 0 unspecified atom stereocenters. The average molecular weight is 825 g/mol. The molecule has 0 aliphatic carbocycles. The predicted molar refractivity (Wildman–Crippen MR) is 233 cm³/mol. The molecule has 0 spiro atoms. The second kappa shape index (κ2) is 21.0. The Balaban J connectivity index is 0.000000156. The van der Waals surface area contributed by atoms with Gasteiger partial charge in [0.1, 0.15) is 21.2 Å². The van der Waals surface area contributed by atoms with Gasteiger partial charge in [0.2, 0.25) is 0 Å². The number of fused-ring (bicyclic) bond motifs is 3. The topological polar surface area (TPSA) is 167 Å². The van der Waals surface area contributed by atoms with Crippen molar-refractivity contribution < 1.29 is 9.15 Å². The molecular formula is C41H40Cl3N11O2. The van der Waals surface area contributed by atoms with E-state index in [-0.39, 0.29) is 0 Å². The molecule has 0 saturated heterocycles. The number of halogens is 3. The standard InChI is InChI=1S/C13H11ClN4O.C12H9ClN4.C12H8ClN3O.2C2H6/c1-19-10-7-17-13(12-9(10)4-5-15-12)18-8-2-3-11(14)16-6-8;13-10-2-1-9(7-16-10)17-12-11-8(3-5-14-11)4-6-15-12;13-10-2-1-9(7-15-10)16-12-11-8(3-5-14-12)4-6-17-11;2*1-2/h2-7,15H,1H3,(H,17,18);1-7,14H,(H,15,17);1-7H,(H,14,16);2*1-2H3. The number of methoxy groups -OCH3 is 1. The highest BCUT2D eigenvalue weighted by atomic mass is 35.5. The summed E-state index contributed by atoms with van der Waals surface area (Å²) in [7, 11) is 1.62. The second-order valence-corrected chi connectivity index (χ2v) is 12.2. The van der Waals surface area contributed by atoms with Crippen molar-refractivity contribution in [3.63, 3.8) is 0 Å². The van der Waals surface area contributed by atoms with Crippen LogP contribution in [-0.2, 0) is 0 Å². The Labute approximate surface area is 344 Å². The van der Waals surface area contributed by atoms with Crippen molar-refractivity contribution in [2.45, 2.75) is 27.7 Å². The van der Waals surface area contributed by atoms with Crippen LogP contribution in [0.3, 0.4) is 0 Å². The van der Waals surface area contributed by atoms with Gasteiger partial charge >= 0.3 is 0 Å². The fourth-order valence-corrected chi connectivity index (χ4v) is 5.44. The van der Waals surface area contributed by atoms with Crippen LogP contribution < -0.4 is 20.7 Å². The van der Waals surface area contributed by atoms with Crippen molar-refractivity contribution in [1.29, 1.82) is 0 Å². The molecule has 0 fully saturated rings. The first-order valence-corrected chi connectivity index (χ1v) is 19.0. The van der Waals surface area contributed by atoms with E-state index in [1.165, 1.54) is 0 Å². The highest BCUT2D eigenvalue weighted by molar-refractivity contribution is 6.30. The van der Waals surface area contributed by atoms with E-state index in [1.54, 1.807) is 68.8 Å². The van der Waals surface area contributed by atoms with E-state index in [0.717, 1.165) is 61.4 Å². The number of nitrogens with one attached hydrogen (secondary N) is 5. The predicted octanol–water partition coefficient (Wildman–Crippen LogP) is 12.4. The van der Waals surface area contributed by atoms with Crippen molar-refractivity contribution in [3.05, 3.63) is 138 Å². The maximum atomic E-state index is 5.75. The summed E-state index contributed by atoms with van der Waals surface area (Å²) in [6.45, 7) is 8.00. The van der Waals surface area contributed by atoms with Crippen LogP contribution >= 0.6 is 34.8 Å². The summed E-state index contributed by atoms with van der Waals surface area (Å²) in [4.78, 5) is 31.2. The molecule has 0 atom stereocenters. The fraction of sp³-hybridized carbons (Fsp3) is 0.122. The van der Waals surface area contributed by atoms with Crippen LogP contribution in [0.2, 0.25) is 15.5 Å². The Bertz CT molecular complexity index is 2460. The number of anilines is 6. The normalized spacial score (nSPS) is 10.1. The zero-order valence-electron chi connectivity index (χ0n) is 31.7. The first-order valence-electron chi connectivity index (χ1n) is 17.8. The monoisotopic (exact) mass is 823 g/mol. The molecule has 9 aromatic heterocycles. The van der Waals surface area contributed by atoms with Crippen LogP contribution in [0.5, 0.6) is 5.75 Å². The van der Waals surface area contributed by atoms with Crippen molar-refractivity contribution >= 4 is 102 Å². The Morgan fingerprint density at radius 1 is 0.526 bits per heavy atom. The van der Waals surface area contributed by atoms with Crippen molar-refractivity contribution in [3.8, 4) is 5.75 Å². The lowest BCUT2D eigenvalue weighted by atomic mass is 10.3. The summed E-state index contributed by atoms with van der Waals surface area (Å²) in [6.07, 6.45) is 15.5. The molecule has 13 nitrogen and oxygen atoms in total. The molecule has 9 rings (SSSR count). The highest BCUT2D eigenvalue weighted by Gasteiger charge is 2.10. The molecule has 0 aliphatic heterocycles. The highest BCUT2D eigenvalue weighted by Crippen LogP contribution is 2.30. The summed E-state index contributed by atoms with van der Waals surface area (Å²) in [5.74, 6) is 2.88. The summed E-state index contributed by atoms with van der Waals surface area (Å²) in [5, 5.41) is 14.0. The average Bonchev–Trinajstić information content (AvgIpc) is 4.06. The Hall–Kier alpha value is -6.41. The van der Waals surface area contributed by atoms with Gasteiger partial charge in [0, 0.05) is 40.9 Å². The van der Waals surface area contributed by atoms with E-state index in [9.17, 15) is 0 Å². The maximum absolute atomic E-state index is 5.75. The minimum absolute atomic E-state index is 0.457. The molecule has 292 valence electrons. The van der Waals surface area contributed by atoms with Crippen LogP contribution in [0.25, 0.3) is 32.8 Å². The van der Waals surface area contributed by atoms with Gasteiger partial charge in [0.05, 0.1) is 66.3 Å². The van der Waals surface area contributed by atoms with E-state index in [1.807, 2.05) is 88.6 Å². The van der Waals surface area contributed by atoms with Gasteiger partial charge in [-0.25, -0.2) is 29.9 Å².